The molecule has 0 bridgehead atoms. The highest BCUT2D eigenvalue weighted by Crippen LogP contribution is 2.30. The maximum atomic E-state index is 14.7. The van der Waals surface area contributed by atoms with Crippen molar-refractivity contribution in [1.82, 2.24) is 0 Å². The maximum Gasteiger partial charge on any atom is 0.199 e. The molecule has 0 radical (unpaired) electrons. The van der Waals surface area contributed by atoms with Gasteiger partial charge >= 0.3 is 0 Å². The summed E-state index contributed by atoms with van der Waals surface area (Å²) in [5.41, 5.74) is 2.96. The Kier molecular flexibility index (Phi) is 5.07. The Bertz CT molecular complexity index is 898. The molecule has 1 fully saturated rings. The SMILES string of the molecule is Oc1ccc(-c2ccc(-c3ccc(OC4CCCCO4)cc3)c(F)c2)cc1. The zero-order valence-electron chi connectivity index (χ0n) is 14.9. The normalized spacial score (nSPS) is 16.9. The molecule has 0 saturated carbocycles. The first-order chi connectivity index (χ1) is 13.2. The number of ether oxygens (including phenoxy) is 2. The van der Waals surface area contributed by atoms with E-state index in [0.29, 0.717) is 5.56 Å². The van der Waals surface area contributed by atoms with Crippen molar-refractivity contribution in [2.45, 2.75) is 25.6 Å². The molecule has 27 heavy (non-hydrogen) atoms. The summed E-state index contributed by atoms with van der Waals surface area (Å²) in [4.78, 5) is 0. The number of rotatable bonds is 4. The van der Waals surface area contributed by atoms with Crippen LogP contribution < -0.4 is 4.74 Å². The molecular weight excluding hydrogens is 343 g/mol. The second-order valence-electron chi connectivity index (χ2n) is 6.68. The summed E-state index contributed by atoms with van der Waals surface area (Å²) in [6, 6.07) is 19.3. The highest BCUT2D eigenvalue weighted by atomic mass is 19.1. The lowest BCUT2D eigenvalue weighted by atomic mass is 9.99. The van der Waals surface area contributed by atoms with Gasteiger partial charge in [-0.15, -0.1) is 0 Å². The van der Waals surface area contributed by atoms with E-state index < -0.39 is 0 Å². The van der Waals surface area contributed by atoms with Crippen LogP contribution in [0.15, 0.2) is 66.7 Å². The lowest BCUT2D eigenvalue weighted by Crippen LogP contribution is -2.24. The summed E-state index contributed by atoms with van der Waals surface area (Å²) in [6.45, 7) is 0.737. The molecule has 1 atom stereocenters. The lowest BCUT2D eigenvalue weighted by Gasteiger charge is -2.23. The zero-order chi connectivity index (χ0) is 18.6. The molecular formula is C23H21FO3. The summed E-state index contributed by atoms with van der Waals surface area (Å²) in [5, 5.41) is 9.38. The highest BCUT2D eigenvalue weighted by molar-refractivity contribution is 5.71. The number of phenolic OH excluding ortho intramolecular Hbond substituents is 1. The van der Waals surface area contributed by atoms with Crippen LogP contribution in [0.4, 0.5) is 4.39 Å². The summed E-state index contributed by atoms with van der Waals surface area (Å²) >= 11 is 0. The van der Waals surface area contributed by atoms with E-state index in [9.17, 15) is 9.50 Å². The second-order valence-corrected chi connectivity index (χ2v) is 6.68. The molecule has 0 amide bonds. The van der Waals surface area contributed by atoms with Crippen LogP contribution in [-0.2, 0) is 4.74 Å². The first-order valence-electron chi connectivity index (χ1n) is 9.17. The fourth-order valence-corrected chi connectivity index (χ4v) is 3.25. The standard InChI is InChI=1S/C23H21FO3/c24-22-15-18(16-4-9-19(25)10-5-16)8-13-21(22)17-6-11-20(12-7-17)27-23-3-1-2-14-26-23/h4-13,15,23,25H,1-3,14H2. The summed E-state index contributed by atoms with van der Waals surface area (Å²) < 4.78 is 26.1. The van der Waals surface area contributed by atoms with Gasteiger partial charge in [-0.1, -0.05) is 36.4 Å². The third-order valence-electron chi connectivity index (χ3n) is 4.74. The van der Waals surface area contributed by atoms with Gasteiger partial charge in [0.25, 0.3) is 0 Å². The quantitative estimate of drug-likeness (QED) is 0.639. The van der Waals surface area contributed by atoms with E-state index in [2.05, 4.69) is 0 Å². The molecule has 1 unspecified atom stereocenters. The smallest absolute Gasteiger partial charge is 0.199 e. The predicted molar refractivity (Wildman–Crippen MR) is 103 cm³/mol. The Labute approximate surface area is 158 Å². The number of hydrogen-bond acceptors (Lipinski definition) is 3. The summed E-state index contributed by atoms with van der Waals surface area (Å²) in [6.07, 6.45) is 2.90. The molecule has 3 aromatic carbocycles. The minimum Gasteiger partial charge on any atom is -0.508 e. The molecule has 3 aromatic rings. The van der Waals surface area contributed by atoms with Crippen molar-refractivity contribution in [1.29, 1.82) is 0 Å². The summed E-state index contributed by atoms with van der Waals surface area (Å²) in [7, 11) is 0. The minimum atomic E-state index is -0.287. The zero-order valence-corrected chi connectivity index (χ0v) is 14.9. The molecule has 1 heterocycles. The minimum absolute atomic E-state index is 0.189. The van der Waals surface area contributed by atoms with Crippen molar-refractivity contribution in [2.75, 3.05) is 6.61 Å². The summed E-state index contributed by atoms with van der Waals surface area (Å²) in [5.74, 6) is 0.633. The van der Waals surface area contributed by atoms with Crippen molar-refractivity contribution in [3.05, 3.63) is 72.5 Å². The van der Waals surface area contributed by atoms with Gasteiger partial charge in [-0.25, -0.2) is 4.39 Å². The number of hydrogen-bond donors (Lipinski definition) is 1. The van der Waals surface area contributed by atoms with Crippen LogP contribution in [0.3, 0.4) is 0 Å². The highest BCUT2D eigenvalue weighted by Gasteiger charge is 2.15. The van der Waals surface area contributed by atoms with Crippen molar-refractivity contribution in [2.24, 2.45) is 0 Å². The van der Waals surface area contributed by atoms with E-state index in [4.69, 9.17) is 9.47 Å². The molecule has 1 aliphatic heterocycles. The van der Waals surface area contributed by atoms with E-state index in [1.807, 2.05) is 30.3 Å². The van der Waals surface area contributed by atoms with Crippen LogP contribution in [0.25, 0.3) is 22.3 Å². The first kappa shape index (κ1) is 17.6. The Morgan fingerprint density at radius 1 is 0.852 bits per heavy atom. The first-order valence-corrected chi connectivity index (χ1v) is 9.17. The third-order valence-corrected chi connectivity index (χ3v) is 4.74. The molecule has 4 heteroatoms. The van der Waals surface area contributed by atoms with Crippen LogP contribution >= 0.6 is 0 Å². The van der Waals surface area contributed by atoms with Crippen LogP contribution in [0.2, 0.25) is 0 Å². The Hall–Kier alpha value is -2.85. The van der Waals surface area contributed by atoms with E-state index in [-0.39, 0.29) is 17.9 Å². The van der Waals surface area contributed by atoms with Gasteiger partial charge in [0.2, 0.25) is 0 Å². The lowest BCUT2D eigenvalue weighted by molar-refractivity contribution is -0.105. The van der Waals surface area contributed by atoms with Crippen LogP contribution in [-0.4, -0.2) is 18.0 Å². The number of benzene rings is 3. The van der Waals surface area contributed by atoms with Gasteiger partial charge in [-0.3, -0.25) is 0 Å². The van der Waals surface area contributed by atoms with Gasteiger partial charge in [0.05, 0.1) is 6.61 Å². The topological polar surface area (TPSA) is 38.7 Å². The maximum absolute atomic E-state index is 14.7. The van der Waals surface area contributed by atoms with Crippen LogP contribution in [0.1, 0.15) is 19.3 Å². The van der Waals surface area contributed by atoms with Gasteiger partial charge in [0, 0.05) is 12.0 Å². The fraction of sp³-hybridized carbons (Fsp3) is 0.217. The molecule has 3 nitrogen and oxygen atoms in total. The van der Waals surface area contributed by atoms with E-state index in [1.54, 1.807) is 30.3 Å². The van der Waals surface area contributed by atoms with Crippen molar-refractivity contribution < 1.29 is 19.0 Å². The second kappa shape index (κ2) is 7.80. The average molecular weight is 364 g/mol. The molecule has 0 aromatic heterocycles. The van der Waals surface area contributed by atoms with Crippen LogP contribution in [0.5, 0.6) is 11.5 Å². The average Bonchev–Trinajstić information content (AvgIpc) is 2.70. The van der Waals surface area contributed by atoms with Gasteiger partial charge in [-0.05, 0) is 59.9 Å². The van der Waals surface area contributed by atoms with Gasteiger partial charge in [0.1, 0.15) is 17.3 Å². The Morgan fingerprint density at radius 2 is 1.56 bits per heavy atom. The van der Waals surface area contributed by atoms with Crippen molar-refractivity contribution in [3.63, 3.8) is 0 Å². The van der Waals surface area contributed by atoms with Gasteiger partial charge < -0.3 is 14.6 Å². The monoisotopic (exact) mass is 364 g/mol. The number of halogens is 1. The Morgan fingerprint density at radius 3 is 2.22 bits per heavy atom. The molecule has 1 N–H and O–H groups in total. The fourth-order valence-electron chi connectivity index (χ4n) is 3.25. The van der Waals surface area contributed by atoms with Crippen molar-refractivity contribution >= 4 is 0 Å². The van der Waals surface area contributed by atoms with Crippen LogP contribution in [0, 0.1) is 5.82 Å². The van der Waals surface area contributed by atoms with Gasteiger partial charge in [-0.2, -0.15) is 0 Å². The van der Waals surface area contributed by atoms with Crippen molar-refractivity contribution in [3.8, 4) is 33.8 Å². The molecule has 0 spiro atoms. The predicted octanol–water partition coefficient (Wildman–Crippen LogP) is 5.77. The third kappa shape index (κ3) is 4.12. The van der Waals surface area contributed by atoms with E-state index >= 15 is 0 Å². The van der Waals surface area contributed by atoms with Gasteiger partial charge in [0.15, 0.2) is 6.29 Å². The number of phenols is 1. The number of aromatic hydroxyl groups is 1. The Balaban J connectivity index is 1.51. The molecule has 4 rings (SSSR count). The van der Waals surface area contributed by atoms with E-state index in [1.165, 1.54) is 6.07 Å². The molecule has 0 aliphatic carbocycles. The molecule has 1 aliphatic rings. The van der Waals surface area contributed by atoms with E-state index in [0.717, 1.165) is 48.3 Å². The largest absolute Gasteiger partial charge is 0.508 e. The molecule has 1 saturated heterocycles. The molecule has 138 valence electrons.